The zero-order valence-electron chi connectivity index (χ0n) is 13.4. The standard InChI is InChI=1S/C12H25NO4.C2H6/c1-5-7-15-9-10-16-8-6-13-11(14)17-12(2,3)4;1-2/h5-10H2,1-4H3,(H,13,14);1-2H3. The van der Waals surface area contributed by atoms with Crippen molar-refractivity contribution in [1.82, 2.24) is 5.32 Å². The summed E-state index contributed by atoms with van der Waals surface area (Å²) in [4.78, 5) is 11.2. The zero-order valence-corrected chi connectivity index (χ0v) is 13.4. The molecular formula is C14H31NO4. The second-order valence-electron chi connectivity index (χ2n) is 4.65. The predicted molar refractivity (Wildman–Crippen MR) is 77.5 cm³/mol. The number of nitrogens with one attached hydrogen (secondary N) is 1. The van der Waals surface area contributed by atoms with E-state index in [0.717, 1.165) is 13.0 Å². The first-order valence-corrected chi connectivity index (χ1v) is 7.08. The van der Waals surface area contributed by atoms with Gasteiger partial charge in [-0.3, -0.25) is 0 Å². The third-order valence-electron chi connectivity index (χ3n) is 1.64. The first kappa shape index (κ1) is 20.5. The van der Waals surface area contributed by atoms with Crippen LogP contribution in [0, 0.1) is 0 Å². The van der Waals surface area contributed by atoms with E-state index in [1.807, 2.05) is 34.6 Å². The van der Waals surface area contributed by atoms with Gasteiger partial charge in [0.1, 0.15) is 5.60 Å². The van der Waals surface area contributed by atoms with Gasteiger partial charge in [0, 0.05) is 13.2 Å². The lowest BCUT2D eigenvalue weighted by atomic mass is 10.2. The molecule has 1 amide bonds. The van der Waals surface area contributed by atoms with Crippen molar-refractivity contribution in [3.8, 4) is 0 Å². The maximum Gasteiger partial charge on any atom is 0.407 e. The number of amides is 1. The molecule has 0 fully saturated rings. The zero-order chi connectivity index (χ0) is 15.1. The Hall–Kier alpha value is -0.810. The van der Waals surface area contributed by atoms with Crippen molar-refractivity contribution in [3.63, 3.8) is 0 Å². The van der Waals surface area contributed by atoms with E-state index in [-0.39, 0.29) is 0 Å². The number of alkyl carbamates (subject to hydrolysis) is 1. The van der Waals surface area contributed by atoms with Gasteiger partial charge in [-0.15, -0.1) is 0 Å². The van der Waals surface area contributed by atoms with Crippen LogP contribution in [0.1, 0.15) is 48.0 Å². The minimum absolute atomic E-state index is 0.414. The smallest absolute Gasteiger partial charge is 0.407 e. The van der Waals surface area contributed by atoms with Gasteiger partial charge in [-0.05, 0) is 27.2 Å². The van der Waals surface area contributed by atoms with E-state index < -0.39 is 11.7 Å². The highest BCUT2D eigenvalue weighted by molar-refractivity contribution is 5.67. The summed E-state index contributed by atoms with van der Waals surface area (Å²) in [5.41, 5.74) is -0.459. The minimum Gasteiger partial charge on any atom is -0.444 e. The van der Waals surface area contributed by atoms with Crippen LogP contribution < -0.4 is 5.32 Å². The van der Waals surface area contributed by atoms with E-state index in [1.54, 1.807) is 0 Å². The summed E-state index contributed by atoms with van der Waals surface area (Å²) in [7, 11) is 0. The van der Waals surface area contributed by atoms with Crippen LogP contribution in [0.15, 0.2) is 0 Å². The molecule has 0 saturated carbocycles. The fourth-order valence-electron chi connectivity index (χ4n) is 1.01. The third kappa shape index (κ3) is 19.7. The molecule has 0 unspecified atom stereocenters. The Morgan fingerprint density at radius 3 is 2.00 bits per heavy atom. The molecule has 0 spiro atoms. The summed E-state index contributed by atoms with van der Waals surface area (Å²) in [6, 6.07) is 0. The second-order valence-corrected chi connectivity index (χ2v) is 4.65. The van der Waals surface area contributed by atoms with Gasteiger partial charge < -0.3 is 19.5 Å². The van der Waals surface area contributed by atoms with Gasteiger partial charge in [0.05, 0.1) is 19.8 Å². The number of hydrogen-bond acceptors (Lipinski definition) is 4. The maximum absolute atomic E-state index is 11.2. The first-order valence-electron chi connectivity index (χ1n) is 7.08. The average molecular weight is 277 g/mol. The van der Waals surface area contributed by atoms with E-state index in [0.29, 0.717) is 26.4 Å². The number of ether oxygens (including phenoxy) is 3. The molecule has 0 aliphatic rings. The molecule has 0 radical (unpaired) electrons. The highest BCUT2D eigenvalue weighted by Crippen LogP contribution is 2.05. The lowest BCUT2D eigenvalue weighted by molar-refractivity contribution is 0.0399. The summed E-state index contributed by atoms with van der Waals surface area (Å²) in [5.74, 6) is 0. The van der Waals surface area contributed by atoms with E-state index in [4.69, 9.17) is 14.2 Å². The molecule has 0 aromatic carbocycles. The van der Waals surface area contributed by atoms with Crippen LogP contribution in [0.3, 0.4) is 0 Å². The average Bonchev–Trinajstić information content (AvgIpc) is 2.33. The second kappa shape index (κ2) is 13.6. The molecule has 0 aliphatic heterocycles. The molecule has 0 aliphatic carbocycles. The highest BCUT2D eigenvalue weighted by atomic mass is 16.6. The normalized spacial score (nSPS) is 10.4. The minimum atomic E-state index is -0.459. The van der Waals surface area contributed by atoms with Crippen molar-refractivity contribution in [3.05, 3.63) is 0 Å². The summed E-state index contributed by atoms with van der Waals surface area (Å²) in [6.45, 7) is 14.4. The summed E-state index contributed by atoms with van der Waals surface area (Å²) >= 11 is 0. The van der Waals surface area contributed by atoms with Crippen LogP contribution >= 0.6 is 0 Å². The summed E-state index contributed by atoms with van der Waals surface area (Å²) in [6.07, 6.45) is 0.601. The molecule has 0 aromatic heterocycles. The third-order valence-corrected chi connectivity index (χ3v) is 1.64. The SMILES string of the molecule is CC.CCCOCCOCCNC(=O)OC(C)(C)C. The molecule has 0 rings (SSSR count). The van der Waals surface area contributed by atoms with Crippen molar-refractivity contribution >= 4 is 6.09 Å². The fraction of sp³-hybridized carbons (Fsp3) is 0.929. The molecule has 5 heteroatoms. The van der Waals surface area contributed by atoms with Gasteiger partial charge >= 0.3 is 6.09 Å². The highest BCUT2D eigenvalue weighted by Gasteiger charge is 2.15. The predicted octanol–water partition coefficient (Wildman–Crippen LogP) is 2.98. The Labute approximate surface area is 118 Å². The molecule has 0 aromatic rings. The maximum atomic E-state index is 11.2. The number of rotatable bonds is 8. The molecular weight excluding hydrogens is 246 g/mol. The van der Waals surface area contributed by atoms with Crippen LogP contribution in [0.25, 0.3) is 0 Å². The van der Waals surface area contributed by atoms with E-state index in [2.05, 4.69) is 12.2 Å². The monoisotopic (exact) mass is 277 g/mol. The molecule has 0 heterocycles. The van der Waals surface area contributed by atoms with Crippen LogP contribution in [0.5, 0.6) is 0 Å². The Morgan fingerprint density at radius 1 is 1.00 bits per heavy atom. The number of hydrogen-bond donors (Lipinski definition) is 1. The lowest BCUT2D eigenvalue weighted by Crippen LogP contribution is -2.34. The van der Waals surface area contributed by atoms with Crippen LogP contribution in [-0.4, -0.2) is 44.7 Å². The molecule has 116 valence electrons. The van der Waals surface area contributed by atoms with Crippen molar-refractivity contribution in [2.24, 2.45) is 0 Å². The van der Waals surface area contributed by atoms with Crippen LogP contribution in [-0.2, 0) is 14.2 Å². The lowest BCUT2D eigenvalue weighted by Gasteiger charge is -2.19. The van der Waals surface area contributed by atoms with Crippen molar-refractivity contribution in [2.45, 2.75) is 53.6 Å². The topological polar surface area (TPSA) is 56.8 Å². The van der Waals surface area contributed by atoms with Gasteiger partial charge in [-0.25, -0.2) is 4.79 Å². The quantitative estimate of drug-likeness (QED) is 0.693. The molecule has 1 N–H and O–H groups in total. The van der Waals surface area contributed by atoms with Crippen LogP contribution in [0.4, 0.5) is 4.79 Å². The molecule has 5 nitrogen and oxygen atoms in total. The summed E-state index contributed by atoms with van der Waals surface area (Å²) in [5, 5.41) is 2.61. The van der Waals surface area contributed by atoms with Crippen molar-refractivity contribution in [2.75, 3.05) is 33.0 Å². The Balaban J connectivity index is 0. The van der Waals surface area contributed by atoms with Gasteiger partial charge in [0.25, 0.3) is 0 Å². The Bertz CT molecular complexity index is 202. The van der Waals surface area contributed by atoms with E-state index in [9.17, 15) is 4.79 Å². The van der Waals surface area contributed by atoms with E-state index >= 15 is 0 Å². The summed E-state index contributed by atoms with van der Waals surface area (Å²) < 4.78 is 15.6. The molecule has 0 bridgehead atoms. The van der Waals surface area contributed by atoms with Gasteiger partial charge in [-0.2, -0.15) is 0 Å². The first-order chi connectivity index (χ1) is 8.95. The molecule has 0 saturated heterocycles. The van der Waals surface area contributed by atoms with Gasteiger partial charge in [0.2, 0.25) is 0 Å². The van der Waals surface area contributed by atoms with Crippen LogP contribution in [0.2, 0.25) is 0 Å². The number of carbonyl (C=O) groups is 1. The van der Waals surface area contributed by atoms with E-state index in [1.165, 1.54) is 0 Å². The van der Waals surface area contributed by atoms with Gasteiger partial charge in [-0.1, -0.05) is 20.8 Å². The Kier molecular flexibility index (Phi) is 14.7. The van der Waals surface area contributed by atoms with Crippen molar-refractivity contribution in [1.29, 1.82) is 0 Å². The largest absolute Gasteiger partial charge is 0.444 e. The fourth-order valence-corrected chi connectivity index (χ4v) is 1.01. The Morgan fingerprint density at radius 2 is 1.53 bits per heavy atom. The number of carbonyl (C=O) groups excluding carboxylic acids is 1. The molecule has 19 heavy (non-hydrogen) atoms. The van der Waals surface area contributed by atoms with Gasteiger partial charge in [0.15, 0.2) is 0 Å². The van der Waals surface area contributed by atoms with Crippen molar-refractivity contribution < 1.29 is 19.0 Å². The molecule has 0 atom stereocenters.